The number of amides is 1. The molecule has 0 spiro atoms. The van der Waals surface area contributed by atoms with Crippen molar-refractivity contribution in [2.24, 2.45) is 0 Å². The van der Waals surface area contributed by atoms with Gasteiger partial charge in [0, 0.05) is 56.2 Å². The molecule has 0 unspecified atom stereocenters. The Morgan fingerprint density at radius 3 is 2.42 bits per heavy atom. The molecule has 1 amide bonds. The molecule has 1 fully saturated rings. The Labute approximate surface area is 185 Å². The van der Waals surface area contributed by atoms with E-state index in [1.54, 1.807) is 29.2 Å². The third kappa shape index (κ3) is 5.35. The lowest BCUT2D eigenvalue weighted by molar-refractivity contribution is -0.133. The van der Waals surface area contributed by atoms with E-state index in [9.17, 15) is 14.0 Å². The number of benzene rings is 2. The van der Waals surface area contributed by atoms with Crippen LogP contribution in [0.3, 0.4) is 0 Å². The van der Waals surface area contributed by atoms with Crippen LogP contribution in [0.25, 0.3) is 0 Å². The molecule has 2 aliphatic heterocycles. The quantitative estimate of drug-likeness (QED) is 0.635. The van der Waals surface area contributed by atoms with Gasteiger partial charge in [0.2, 0.25) is 5.91 Å². The molecule has 0 aliphatic carbocycles. The van der Waals surface area contributed by atoms with Gasteiger partial charge >= 0.3 is 0 Å². The van der Waals surface area contributed by atoms with Gasteiger partial charge in [-0.25, -0.2) is 4.39 Å². The molecule has 0 atom stereocenters. The summed E-state index contributed by atoms with van der Waals surface area (Å²) in [6, 6.07) is 9.53. The zero-order chi connectivity index (χ0) is 21.8. The first kappa shape index (κ1) is 21.6. The van der Waals surface area contributed by atoms with Crippen molar-refractivity contribution in [1.82, 2.24) is 9.80 Å². The van der Waals surface area contributed by atoms with E-state index >= 15 is 0 Å². The van der Waals surface area contributed by atoms with Gasteiger partial charge in [-0.05, 0) is 35.9 Å². The van der Waals surface area contributed by atoms with Crippen LogP contribution < -0.4 is 9.47 Å². The summed E-state index contributed by atoms with van der Waals surface area (Å²) in [6.45, 7) is 4.17. The highest BCUT2D eigenvalue weighted by Crippen LogP contribution is 2.31. The number of carbonyl (C=O) groups excluding carboxylic acids is 2. The molecule has 2 aromatic carbocycles. The molecular weight excluding hydrogens is 423 g/mol. The molecule has 2 aromatic rings. The highest BCUT2D eigenvalue weighted by molar-refractivity contribution is 6.31. The van der Waals surface area contributed by atoms with E-state index < -0.39 is 0 Å². The number of halogens is 2. The number of Topliss-reactive ketones (excluding diaryl/α,β-unsaturated/α-hetero) is 1. The minimum absolute atomic E-state index is 0.0228. The van der Waals surface area contributed by atoms with Crippen LogP contribution in [0.4, 0.5) is 4.39 Å². The average molecular weight is 447 g/mol. The fourth-order valence-corrected chi connectivity index (χ4v) is 4.01. The summed E-state index contributed by atoms with van der Waals surface area (Å²) >= 11 is 6.11. The van der Waals surface area contributed by atoms with Crippen LogP contribution in [0, 0.1) is 5.82 Å². The lowest BCUT2D eigenvalue weighted by Crippen LogP contribution is -2.48. The van der Waals surface area contributed by atoms with E-state index in [0.29, 0.717) is 68.0 Å². The first-order valence-corrected chi connectivity index (χ1v) is 10.7. The van der Waals surface area contributed by atoms with Gasteiger partial charge in [0.1, 0.15) is 19.0 Å². The van der Waals surface area contributed by atoms with Crippen molar-refractivity contribution in [3.8, 4) is 11.5 Å². The molecule has 1 saturated heterocycles. The highest BCUT2D eigenvalue weighted by Gasteiger charge is 2.23. The molecule has 164 valence electrons. The minimum atomic E-state index is -0.352. The summed E-state index contributed by atoms with van der Waals surface area (Å²) in [5.41, 5.74) is 1.39. The van der Waals surface area contributed by atoms with Crippen molar-refractivity contribution < 1.29 is 23.5 Å². The molecular formula is C23H24ClFN2O4. The number of ether oxygens (including phenoxy) is 2. The molecule has 4 rings (SSSR count). The van der Waals surface area contributed by atoms with Crippen molar-refractivity contribution in [2.75, 3.05) is 39.4 Å². The second kappa shape index (κ2) is 9.66. The molecule has 6 nitrogen and oxygen atoms in total. The monoisotopic (exact) mass is 446 g/mol. The van der Waals surface area contributed by atoms with Gasteiger partial charge in [0.05, 0.1) is 0 Å². The fourth-order valence-electron chi connectivity index (χ4n) is 3.79. The molecule has 2 aliphatic rings. The van der Waals surface area contributed by atoms with Gasteiger partial charge in [-0.15, -0.1) is 0 Å². The van der Waals surface area contributed by atoms with Crippen molar-refractivity contribution in [3.05, 3.63) is 58.4 Å². The van der Waals surface area contributed by atoms with Crippen LogP contribution in [0.2, 0.25) is 5.02 Å². The highest BCUT2D eigenvalue weighted by atomic mass is 35.5. The van der Waals surface area contributed by atoms with E-state index in [4.69, 9.17) is 21.1 Å². The summed E-state index contributed by atoms with van der Waals surface area (Å²) in [5, 5.41) is 0.413. The maximum absolute atomic E-state index is 13.2. The number of hydrogen-bond donors (Lipinski definition) is 0. The fraction of sp³-hybridized carbons (Fsp3) is 0.391. The molecule has 2 heterocycles. The Morgan fingerprint density at radius 1 is 0.935 bits per heavy atom. The lowest BCUT2D eigenvalue weighted by Gasteiger charge is -2.35. The SMILES string of the molecule is O=C(CCC(=O)N1CCN(Cc2ccc(F)cc2Cl)CC1)c1ccc2c(c1)OCCO2. The topological polar surface area (TPSA) is 59.1 Å². The van der Waals surface area contributed by atoms with Crippen LogP contribution in [0.5, 0.6) is 11.5 Å². The predicted octanol–water partition coefficient (Wildman–Crippen LogP) is 3.56. The van der Waals surface area contributed by atoms with Crippen molar-refractivity contribution in [1.29, 1.82) is 0 Å². The van der Waals surface area contributed by atoms with E-state index in [1.165, 1.54) is 12.1 Å². The second-order valence-corrected chi connectivity index (χ2v) is 8.08. The van der Waals surface area contributed by atoms with E-state index in [2.05, 4.69) is 4.90 Å². The first-order valence-electron chi connectivity index (χ1n) is 10.4. The smallest absolute Gasteiger partial charge is 0.223 e. The van der Waals surface area contributed by atoms with Gasteiger partial charge < -0.3 is 14.4 Å². The number of piperazine rings is 1. The molecule has 31 heavy (non-hydrogen) atoms. The summed E-state index contributed by atoms with van der Waals surface area (Å²) in [4.78, 5) is 29.1. The van der Waals surface area contributed by atoms with Crippen LogP contribution >= 0.6 is 11.6 Å². The van der Waals surface area contributed by atoms with Crippen molar-refractivity contribution in [3.63, 3.8) is 0 Å². The summed E-state index contributed by atoms with van der Waals surface area (Å²) in [6.07, 6.45) is 0.334. The van der Waals surface area contributed by atoms with Gasteiger partial charge in [-0.3, -0.25) is 14.5 Å². The van der Waals surface area contributed by atoms with Crippen molar-refractivity contribution in [2.45, 2.75) is 19.4 Å². The molecule has 0 bridgehead atoms. The largest absolute Gasteiger partial charge is 0.486 e. The number of nitrogens with zero attached hydrogens (tertiary/aromatic N) is 2. The molecule has 0 aromatic heterocycles. The Morgan fingerprint density at radius 2 is 1.68 bits per heavy atom. The normalized spacial score (nSPS) is 16.3. The second-order valence-electron chi connectivity index (χ2n) is 7.67. The van der Waals surface area contributed by atoms with Gasteiger partial charge in [0.15, 0.2) is 17.3 Å². The zero-order valence-electron chi connectivity index (χ0n) is 17.1. The minimum Gasteiger partial charge on any atom is -0.486 e. The Kier molecular flexibility index (Phi) is 6.73. The van der Waals surface area contributed by atoms with Crippen LogP contribution in [-0.2, 0) is 11.3 Å². The third-order valence-electron chi connectivity index (χ3n) is 5.56. The van der Waals surface area contributed by atoms with Gasteiger partial charge in [0.25, 0.3) is 0 Å². The third-order valence-corrected chi connectivity index (χ3v) is 5.92. The lowest BCUT2D eigenvalue weighted by atomic mass is 10.1. The van der Waals surface area contributed by atoms with Gasteiger partial charge in [-0.1, -0.05) is 17.7 Å². The number of fused-ring (bicyclic) bond motifs is 1. The summed E-state index contributed by atoms with van der Waals surface area (Å²) in [7, 11) is 0. The van der Waals surface area contributed by atoms with E-state index in [0.717, 1.165) is 5.56 Å². The maximum Gasteiger partial charge on any atom is 0.223 e. The molecule has 0 saturated carbocycles. The van der Waals surface area contributed by atoms with Crippen LogP contribution in [0.15, 0.2) is 36.4 Å². The first-order chi connectivity index (χ1) is 15.0. The van der Waals surface area contributed by atoms with E-state index in [-0.39, 0.29) is 30.3 Å². The Balaban J connectivity index is 1.24. The van der Waals surface area contributed by atoms with E-state index in [1.807, 2.05) is 0 Å². The summed E-state index contributed by atoms with van der Waals surface area (Å²) < 4.78 is 24.2. The number of hydrogen-bond acceptors (Lipinski definition) is 5. The van der Waals surface area contributed by atoms with Crippen LogP contribution in [-0.4, -0.2) is 60.9 Å². The Hall–Kier alpha value is -2.64. The number of ketones is 1. The van der Waals surface area contributed by atoms with Crippen LogP contribution in [0.1, 0.15) is 28.8 Å². The summed E-state index contributed by atoms with van der Waals surface area (Å²) in [5.74, 6) is 0.745. The van der Waals surface area contributed by atoms with Gasteiger partial charge in [-0.2, -0.15) is 0 Å². The average Bonchev–Trinajstić information content (AvgIpc) is 2.79. The molecule has 8 heteroatoms. The zero-order valence-corrected chi connectivity index (χ0v) is 17.9. The standard InChI is InChI=1S/C23H24ClFN2O4/c24-19-14-18(25)3-1-17(19)15-26-7-9-27(10-8-26)23(29)6-4-20(28)16-2-5-21-22(13-16)31-12-11-30-21/h1-3,5,13-14H,4,6-12,15H2. The number of rotatable bonds is 6. The molecule has 0 N–H and O–H groups in total. The number of carbonyl (C=O) groups is 2. The van der Waals surface area contributed by atoms with Crippen molar-refractivity contribution >= 4 is 23.3 Å². The maximum atomic E-state index is 13.2. The predicted molar refractivity (Wildman–Crippen MR) is 114 cm³/mol. The Bertz CT molecular complexity index is 976. The molecule has 0 radical (unpaired) electrons.